The van der Waals surface area contributed by atoms with Gasteiger partial charge in [0.2, 0.25) is 5.16 Å². The minimum absolute atomic E-state index is 0.132. The Bertz CT molecular complexity index is 1110. The van der Waals surface area contributed by atoms with E-state index in [0.717, 1.165) is 16.7 Å². The van der Waals surface area contributed by atoms with Crippen LogP contribution in [0.4, 0.5) is 0 Å². The van der Waals surface area contributed by atoms with E-state index in [4.69, 9.17) is 5.11 Å². The zero-order valence-corrected chi connectivity index (χ0v) is 18.2. The van der Waals surface area contributed by atoms with Crippen LogP contribution in [0.3, 0.4) is 0 Å². The van der Waals surface area contributed by atoms with Crippen molar-refractivity contribution in [3.05, 3.63) is 66.0 Å². The summed E-state index contributed by atoms with van der Waals surface area (Å²) in [6.45, 7) is -0.825. The van der Waals surface area contributed by atoms with Crippen molar-refractivity contribution in [2.24, 2.45) is 5.10 Å². The number of rotatable bonds is 8. The number of fused-ring (bicyclic) bond motifs is 1. The van der Waals surface area contributed by atoms with Gasteiger partial charge in [-0.15, -0.1) is 10.2 Å². The van der Waals surface area contributed by atoms with E-state index in [0.29, 0.717) is 16.6 Å². The maximum atomic E-state index is 10.6. The summed E-state index contributed by atoms with van der Waals surface area (Å²) in [5.41, 5.74) is 3.72. The van der Waals surface area contributed by atoms with Crippen molar-refractivity contribution in [3.8, 4) is 11.1 Å². The number of aromatic nitrogens is 3. The molecule has 2 heterocycles. The van der Waals surface area contributed by atoms with Crippen LogP contribution in [0, 0.1) is 0 Å². The molecule has 0 unspecified atom stereocenters. The molecule has 1 aromatic heterocycles. The molecule has 0 saturated carbocycles. The first-order chi connectivity index (χ1) is 15.9. The molecule has 0 radical (unpaired) electrons. The van der Waals surface area contributed by atoms with Gasteiger partial charge >= 0.3 is 0 Å². The van der Waals surface area contributed by atoms with Crippen molar-refractivity contribution < 1.29 is 30.6 Å². The Labute approximate surface area is 193 Å². The van der Waals surface area contributed by atoms with Crippen molar-refractivity contribution in [2.75, 3.05) is 12.4 Å². The van der Waals surface area contributed by atoms with Crippen molar-refractivity contribution in [3.63, 3.8) is 0 Å². The Balaban J connectivity index is 1.57. The first kappa shape index (κ1) is 23.5. The minimum atomic E-state index is -1.94. The second kappa shape index (κ2) is 10.1. The maximum Gasteiger partial charge on any atom is 0.212 e. The molecule has 0 saturated heterocycles. The van der Waals surface area contributed by atoms with Gasteiger partial charge in [-0.1, -0.05) is 66.4 Å². The Morgan fingerprint density at radius 3 is 2.09 bits per heavy atom. The first-order valence-corrected chi connectivity index (χ1v) is 11.2. The molecular formula is C22H24N4O6S. The molecule has 0 spiro atoms. The van der Waals surface area contributed by atoms with Crippen molar-refractivity contribution >= 4 is 17.5 Å². The number of thioether (sulfide) groups is 1. The van der Waals surface area contributed by atoms with Gasteiger partial charge in [0, 0.05) is 5.75 Å². The lowest BCUT2D eigenvalue weighted by molar-refractivity contribution is -0.142. The number of hydrogen-bond donors (Lipinski definition) is 6. The molecule has 174 valence electrons. The quantitative estimate of drug-likeness (QED) is 0.260. The number of hydrogen-bond acceptors (Lipinski definition) is 10. The third-order valence-electron chi connectivity index (χ3n) is 5.39. The number of nitrogens with zero attached hydrogens (tertiary/aromatic N) is 4. The molecule has 3 aromatic rings. The third kappa shape index (κ3) is 4.84. The average Bonchev–Trinajstić information content (AvgIpc) is 3.30. The van der Waals surface area contributed by atoms with E-state index < -0.39 is 37.1 Å². The van der Waals surface area contributed by atoms with Crippen LogP contribution in [0.5, 0.6) is 0 Å². The lowest BCUT2D eigenvalue weighted by atomic mass is 9.99. The van der Waals surface area contributed by atoms with E-state index in [9.17, 15) is 25.5 Å². The largest absolute Gasteiger partial charge is 0.394 e. The van der Waals surface area contributed by atoms with E-state index in [2.05, 4.69) is 15.3 Å². The fourth-order valence-corrected chi connectivity index (χ4v) is 4.28. The third-order valence-corrected chi connectivity index (χ3v) is 6.32. The van der Waals surface area contributed by atoms with Crippen molar-refractivity contribution in [1.29, 1.82) is 0 Å². The molecule has 0 bridgehead atoms. The normalized spacial score (nSPS) is 18.1. The number of aliphatic hydroxyl groups is 6. The summed E-state index contributed by atoms with van der Waals surface area (Å²) in [6, 6.07) is 17.8. The minimum Gasteiger partial charge on any atom is -0.394 e. The Hall–Kier alpha value is -2.64. The number of aliphatic hydroxyl groups excluding tert-OH is 6. The molecule has 5 atom stereocenters. The summed E-state index contributed by atoms with van der Waals surface area (Å²) in [4.78, 5) is 0. The summed E-state index contributed by atoms with van der Waals surface area (Å²) >= 11 is 1.35. The summed E-state index contributed by atoms with van der Waals surface area (Å²) in [5, 5.41) is 71.9. The fourth-order valence-electron chi connectivity index (χ4n) is 3.43. The van der Waals surface area contributed by atoms with Crippen LogP contribution in [0.15, 0.2) is 64.9 Å². The van der Waals surface area contributed by atoms with Gasteiger partial charge in [0.15, 0.2) is 5.82 Å². The summed E-state index contributed by atoms with van der Waals surface area (Å²) in [6.07, 6.45) is -9.18. The predicted molar refractivity (Wildman–Crippen MR) is 121 cm³/mol. The molecule has 11 heteroatoms. The van der Waals surface area contributed by atoms with Gasteiger partial charge in [0.05, 0.1) is 12.3 Å². The molecule has 0 aliphatic carbocycles. The average molecular weight is 473 g/mol. The predicted octanol–water partition coefficient (Wildman–Crippen LogP) is -0.227. The monoisotopic (exact) mass is 472 g/mol. The Kier molecular flexibility index (Phi) is 7.20. The lowest BCUT2D eigenvalue weighted by Gasteiger charge is -2.28. The second-order valence-electron chi connectivity index (χ2n) is 7.60. The zero-order chi connectivity index (χ0) is 23.5. The second-order valence-corrected chi connectivity index (χ2v) is 8.54. The van der Waals surface area contributed by atoms with Gasteiger partial charge in [-0.25, -0.2) is 0 Å². The molecule has 6 N–H and O–H groups in total. The highest BCUT2D eigenvalue weighted by Crippen LogP contribution is 2.29. The van der Waals surface area contributed by atoms with Gasteiger partial charge in [-0.2, -0.15) is 9.78 Å². The zero-order valence-electron chi connectivity index (χ0n) is 17.4. The van der Waals surface area contributed by atoms with E-state index in [-0.39, 0.29) is 5.82 Å². The van der Waals surface area contributed by atoms with Crippen LogP contribution in [0.2, 0.25) is 0 Å². The van der Waals surface area contributed by atoms with Gasteiger partial charge in [-0.05, 0) is 16.7 Å². The summed E-state index contributed by atoms with van der Waals surface area (Å²) in [5.74, 6) is 0.388. The molecule has 4 rings (SSSR count). The number of benzene rings is 2. The van der Waals surface area contributed by atoms with E-state index >= 15 is 0 Å². The van der Waals surface area contributed by atoms with Crippen molar-refractivity contribution in [2.45, 2.75) is 35.7 Å². The van der Waals surface area contributed by atoms with Crippen molar-refractivity contribution in [1.82, 2.24) is 14.9 Å². The molecule has 1 aliphatic rings. The standard InChI is InChI=1S/C22H24N4O6S/c27-10-16(28)17(29)18(30)19(31)20(32)21-23-24-22-26(21)25-15(11-33-22)14-8-6-13(7-9-14)12-4-2-1-3-5-12/h1-9,16-20,27-32H,10-11H2/t16-,17-,18+,19-,20+/m1/s1. The molecule has 2 aromatic carbocycles. The molecular weight excluding hydrogens is 448 g/mol. The van der Waals surface area contributed by atoms with Gasteiger partial charge < -0.3 is 30.6 Å². The van der Waals surface area contributed by atoms with Crippen LogP contribution >= 0.6 is 11.8 Å². The summed E-state index contributed by atoms with van der Waals surface area (Å²) in [7, 11) is 0. The molecule has 0 fully saturated rings. The molecule has 1 aliphatic heterocycles. The van der Waals surface area contributed by atoms with Crippen LogP contribution in [-0.4, -0.2) is 88.0 Å². The smallest absolute Gasteiger partial charge is 0.212 e. The van der Waals surface area contributed by atoms with E-state index in [1.165, 1.54) is 16.4 Å². The van der Waals surface area contributed by atoms with Gasteiger partial charge in [-0.3, -0.25) is 0 Å². The Morgan fingerprint density at radius 1 is 0.788 bits per heavy atom. The highest BCUT2D eigenvalue weighted by Gasteiger charge is 2.37. The highest BCUT2D eigenvalue weighted by atomic mass is 32.2. The Morgan fingerprint density at radius 2 is 1.42 bits per heavy atom. The van der Waals surface area contributed by atoms with Gasteiger partial charge in [0.1, 0.15) is 30.5 Å². The SMILES string of the molecule is OC[C@@H](O)[C@@H](O)[C@H](O)[C@@H](O)[C@H](O)c1nnc2n1N=C(c1ccc(-c3ccccc3)cc1)CS2. The summed E-state index contributed by atoms with van der Waals surface area (Å²) < 4.78 is 1.28. The van der Waals surface area contributed by atoms with Crippen LogP contribution < -0.4 is 0 Å². The lowest BCUT2D eigenvalue weighted by Crippen LogP contribution is -2.48. The highest BCUT2D eigenvalue weighted by molar-refractivity contribution is 7.99. The molecule has 33 heavy (non-hydrogen) atoms. The maximum absolute atomic E-state index is 10.6. The van der Waals surface area contributed by atoms with Crippen LogP contribution in [0.1, 0.15) is 17.5 Å². The van der Waals surface area contributed by atoms with Gasteiger partial charge in [0.25, 0.3) is 0 Å². The van der Waals surface area contributed by atoms with Crippen LogP contribution in [0.25, 0.3) is 11.1 Å². The molecule has 10 nitrogen and oxygen atoms in total. The first-order valence-electron chi connectivity index (χ1n) is 10.2. The topological polar surface area (TPSA) is 164 Å². The fraction of sp³-hybridized carbons (Fsp3) is 0.318. The van der Waals surface area contributed by atoms with Crippen LogP contribution in [-0.2, 0) is 0 Å². The van der Waals surface area contributed by atoms with E-state index in [1.54, 1.807) is 0 Å². The van der Waals surface area contributed by atoms with E-state index in [1.807, 2.05) is 54.6 Å². The molecule has 0 amide bonds.